The van der Waals surface area contributed by atoms with Crippen LogP contribution in [-0.2, 0) is 17.4 Å². The Labute approximate surface area is 107 Å². The second-order valence-electron chi connectivity index (χ2n) is 5.71. The summed E-state index contributed by atoms with van der Waals surface area (Å²) in [5.41, 5.74) is 2.27. The first kappa shape index (κ1) is 12.1. The molecule has 2 atom stereocenters. The van der Waals surface area contributed by atoms with Crippen LogP contribution in [-0.4, -0.2) is 40.2 Å². The van der Waals surface area contributed by atoms with E-state index in [2.05, 4.69) is 10.4 Å². The van der Waals surface area contributed by atoms with E-state index in [0.717, 1.165) is 17.0 Å². The number of nitrogens with zero attached hydrogens (tertiary/aromatic N) is 2. The first-order valence-electron chi connectivity index (χ1n) is 6.56. The van der Waals surface area contributed by atoms with Gasteiger partial charge in [0.05, 0.1) is 24.5 Å². The van der Waals surface area contributed by atoms with Gasteiger partial charge in [0.2, 0.25) is 0 Å². The number of ether oxygens (including phenoxy) is 1. The fourth-order valence-electron chi connectivity index (χ4n) is 3.57. The minimum absolute atomic E-state index is 0.251. The van der Waals surface area contributed by atoms with Crippen molar-refractivity contribution >= 4 is 0 Å². The summed E-state index contributed by atoms with van der Waals surface area (Å²) in [6.45, 7) is 5.39. The molecule has 2 N–H and O–H groups in total. The molecular formula is C13H21N3O2. The molecule has 1 aromatic rings. The van der Waals surface area contributed by atoms with Crippen LogP contribution in [0.1, 0.15) is 29.8 Å². The maximum atomic E-state index is 11.1. The summed E-state index contributed by atoms with van der Waals surface area (Å²) in [7, 11) is 1.93. The van der Waals surface area contributed by atoms with Gasteiger partial charge < -0.3 is 15.2 Å². The van der Waals surface area contributed by atoms with Crippen molar-refractivity contribution in [3.8, 4) is 0 Å². The van der Waals surface area contributed by atoms with Crippen LogP contribution in [0.2, 0.25) is 0 Å². The summed E-state index contributed by atoms with van der Waals surface area (Å²) in [6.07, 6.45) is 1.41. The highest BCUT2D eigenvalue weighted by atomic mass is 16.5. The van der Waals surface area contributed by atoms with Gasteiger partial charge in [-0.1, -0.05) is 0 Å². The van der Waals surface area contributed by atoms with Gasteiger partial charge in [0.1, 0.15) is 0 Å². The maximum absolute atomic E-state index is 11.1. The van der Waals surface area contributed by atoms with Gasteiger partial charge in [0.15, 0.2) is 0 Å². The van der Waals surface area contributed by atoms with Gasteiger partial charge in [-0.05, 0) is 26.7 Å². The van der Waals surface area contributed by atoms with Crippen molar-refractivity contribution in [2.75, 3.05) is 13.2 Å². The highest BCUT2D eigenvalue weighted by molar-refractivity contribution is 5.32. The Morgan fingerprint density at radius 1 is 1.33 bits per heavy atom. The largest absolute Gasteiger partial charge is 0.385 e. The van der Waals surface area contributed by atoms with Gasteiger partial charge >= 0.3 is 0 Å². The standard InChI is InChI=1S/C13H21N3O2/c1-8-12(9(2)16(3)15-8)13(17)4-10-6-18-7-11(5-13)14-10/h10-11,14,17H,4-7H2,1-3H3. The number of fused-ring (bicyclic) bond motifs is 2. The Morgan fingerprint density at radius 2 is 1.94 bits per heavy atom. The second kappa shape index (κ2) is 4.05. The van der Waals surface area contributed by atoms with E-state index in [1.54, 1.807) is 0 Å². The summed E-state index contributed by atoms with van der Waals surface area (Å²) in [5.74, 6) is 0. The Kier molecular flexibility index (Phi) is 2.73. The van der Waals surface area contributed by atoms with E-state index in [1.165, 1.54) is 0 Å². The SMILES string of the molecule is Cc1nn(C)c(C)c1C1(O)CC2COCC(C1)N2. The molecule has 2 unspecified atom stereocenters. The molecule has 2 saturated heterocycles. The second-order valence-corrected chi connectivity index (χ2v) is 5.71. The molecule has 0 saturated carbocycles. The van der Waals surface area contributed by atoms with E-state index in [-0.39, 0.29) is 12.1 Å². The van der Waals surface area contributed by atoms with Crippen LogP contribution in [0.4, 0.5) is 0 Å². The number of hydrogen-bond donors (Lipinski definition) is 2. The zero-order valence-corrected chi connectivity index (χ0v) is 11.2. The smallest absolute Gasteiger partial charge is 0.0963 e. The van der Waals surface area contributed by atoms with Gasteiger partial charge in [-0.15, -0.1) is 0 Å². The summed E-state index contributed by atoms with van der Waals surface area (Å²) >= 11 is 0. The normalized spacial score (nSPS) is 35.8. The Balaban J connectivity index is 1.99. The number of rotatable bonds is 1. The van der Waals surface area contributed by atoms with Crippen LogP contribution < -0.4 is 5.32 Å². The molecular weight excluding hydrogens is 230 g/mol. The molecule has 1 aromatic heterocycles. The van der Waals surface area contributed by atoms with Crippen LogP contribution in [0, 0.1) is 13.8 Å². The van der Waals surface area contributed by atoms with Gasteiger partial charge in [0, 0.05) is 30.4 Å². The van der Waals surface area contributed by atoms with Crippen molar-refractivity contribution < 1.29 is 9.84 Å². The van der Waals surface area contributed by atoms with Gasteiger partial charge in [-0.25, -0.2) is 0 Å². The molecule has 2 bridgehead atoms. The molecule has 0 spiro atoms. The van der Waals surface area contributed by atoms with Crippen molar-refractivity contribution in [2.45, 2.75) is 44.4 Å². The van der Waals surface area contributed by atoms with E-state index in [9.17, 15) is 5.11 Å². The number of aliphatic hydroxyl groups is 1. The molecule has 0 amide bonds. The van der Waals surface area contributed by atoms with Gasteiger partial charge in [-0.3, -0.25) is 4.68 Å². The number of morpholine rings is 1. The lowest BCUT2D eigenvalue weighted by Crippen LogP contribution is -2.58. The number of aryl methyl sites for hydroxylation is 2. The average Bonchev–Trinajstić information content (AvgIpc) is 2.52. The minimum atomic E-state index is -0.757. The molecule has 100 valence electrons. The highest BCUT2D eigenvalue weighted by Gasteiger charge is 2.44. The lowest BCUT2D eigenvalue weighted by atomic mass is 9.77. The zero-order chi connectivity index (χ0) is 12.9. The van der Waals surface area contributed by atoms with Crippen molar-refractivity contribution in [3.63, 3.8) is 0 Å². The van der Waals surface area contributed by atoms with Crippen LogP contribution in [0.15, 0.2) is 0 Å². The number of hydrogen-bond acceptors (Lipinski definition) is 4. The lowest BCUT2D eigenvalue weighted by molar-refractivity contribution is -0.0808. The van der Waals surface area contributed by atoms with E-state index in [1.807, 2.05) is 25.6 Å². The quantitative estimate of drug-likeness (QED) is 0.757. The molecule has 0 radical (unpaired) electrons. The van der Waals surface area contributed by atoms with Gasteiger partial charge in [0.25, 0.3) is 0 Å². The Bertz CT molecular complexity index is 457. The predicted molar refractivity (Wildman–Crippen MR) is 67.3 cm³/mol. The topological polar surface area (TPSA) is 59.3 Å². The van der Waals surface area contributed by atoms with E-state index in [0.29, 0.717) is 26.1 Å². The molecule has 18 heavy (non-hydrogen) atoms. The predicted octanol–water partition coefficient (Wildman–Crippen LogP) is 0.375. The van der Waals surface area contributed by atoms with Crippen LogP contribution in [0.5, 0.6) is 0 Å². The Morgan fingerprint density at radius 3 is 2.44 bits per heavy atom. The van der Waals surface area contributed by atoms with E-state index >= 15 is 0 Å². The first-order chi connectivity index (χ1) is 8.49. The number of aromatic nitrogens is 2. The molecule has 5 heteroatoms. The summed E-state index contributed by atoms with van der Waals surface area (Å²) < 4.78 is 7.40. The lowest BCUT2D eigenvalue weighted by Gasteiger charge is -2.45. The van der Waals surface area contributed by atoms with Crippen LogP contribution in [0.25, 0.3) is 0 Å². The van der Waals surface area contributed by atoms with Gasteiger partial charge in [-0.2, -0.15) is 5.10 Å². The van der Waals surface area contributed by atoms with Crippen molar-refractivity contribution in [1.29, 1.82) is 0 Å². The molecule has 2 aliphatic heterocycles. The van der Waals surface area contributed by atoms with E-state index in [4.69, 9.17) is 4.74 Å². The molecule has 0 aromatic carbocycles. The zero-order valence-electron chi connectivity index (χ0n) is 11.2. The third-order valence-electron chi connectivity index (χ3n) is 4.25. The Hall–Kier alpha value is -0.910. The highest BCUT2D eigenvalue weighted by Crippen LogP contribution is 2.39. The average molecular weight is 251 g/mol. The number of nitrogens with one attached hydrogen (secondary N) is 1. The summed E-state index contributed by atoms with van der Waals surface area (Å²) in [5, 5.41) is 19.0. The van der Waals surface area contributed by atoms with Crippen molar-refractivity contribution in [1.82, 2.24) is 15.1 Å². The molecule has 3 rings (SSSR count). The van der Waals surface area contributed by atoms with Crippen LogP contribution in [0.3, 0.4) is 0 Å². The molecule has 2 aliphatic rings. The molecule has 3 heterocycles. The van der Waals surface area contributed by atoms with E-state index < -0.39 is 5.60 Å². The van der Waals surface area contributed by atoms with Crippen molar-refractivity contribution in [3.05, 3.63) is 17.0 Å². The summed E-state index contributed by atoms with van der Waals surface area (Å²) in [6, 6.07) is 0.503. The van der Waals surface area contributed by atoms with Crippen LogP contribution >= 0.6 is 0 Å². The summed E-state index contributed by atoms with van der Waals surface area (Å²) in [4.78, 5) is 0. The molecule has 2 fully saturated rings. The minimum Gasteiger partial charge on any atom is -0.385 e. The maximum Gasteiger partial charge on any atom is 0.0963 e. The molecule has 5 nitrogen and oxygen atoms in total. The third-order valence-corrected chi connectivity index (χ3v) is 4.25. The first-order valence-corrected chi connectivity index (χ1v) is 6.56. The monoisotopic (exact) mass is 251 g/mol. The number of piperidine rings is 1. The fourth-order valence-corrected chi connectivity index (χ4v) is 3.57. The molecule has 0 aliphatic carbocycles. The van der Waals surface area contributed by atoms with Crippen molar-refractivity contribution in [2.24, 2.45) is 7.05 Å². The fraction of sp³-hybridized carbons (Fsp3) is 0.769. The third kappa shape index (κ3) is 1.77.